The van der Waals surface area contributed by atoms with E-state index in [1.54, 1.807) is 24.3 Å². The number of carbonyl (C=O) groups is 3. The summed E-state index contributed by atoms with van der Waals surface area (Å²) in [5.41, 5.74) is -0.220. The van der Waals surface area contributed by atoms with E-state index >= 15 is 0 Å². The molecule has 6 heteroatoms. The van der Waals surface area contributed by atoms with Gasteiger partial charge in [-0.25, -0.2) is 4.90 Å². The number of fused-ring (bicyclic) bond motifs is 5. The number of rotatable bonds is 2. The lowest BCUT2D eigenvalue weighted by Gasteiger charge is -2.24. The lowest BCUT2D eigenvalue weighted by Crippen LogP contribution is -2.38. The molecule has 118 valence electrons. The molecule has 4 rings (SSSR count). The van der Waals surface area contributed by atoms with Crippen molar-refractivity contribution >= 4 is 23.5 Å². The maximum Gasteiger partial charge on any atom is 0.308 e. The molecule has 4 atom stereocenters. The largest absolute Gasteiger partial charge is 0.427 e. The Hall–Kier alpha value is -2.47. The summed E-state index contributed by atoms with van der Waals surface area (Å²) in [7, 11) is 0. The van der Waals surface area contributed by atoms with Gasteiger partial charge in [0.25, 0.3) is 0 Å². The maximum atomic E-state index is 12.8. The highest BCUT2D eigenvalue weighted by atomic mass is 16.5. The Kier molecular flexibility index (Phi) is 2.78. The fraction of sp³-hybridized carbons (Fsp3) is 0.353. The van der Waals surface area contributed by atoms with Gasteiger partial charge in [-0.15, -0.1) is 0 Å². The van der Waals surface area contributed by atoms with Gasteiger partial charge in [0.1, 0.15) is 5.75 Å². The summed E-state index contributed by atoms with van der Waals surface area (Å²) in [6.45, 7) is 3.15. The van der Waals surface area contributed by atoms with E-state index in [4.69, 9.17) is 9.47 Å². The standard InChI is InChI=1S/C17H15NO5/c1-9(19)22-11-5-3-10(4-6-11)18-15(20)13-12-7-8-17(2,23-12)14(13)16(18)21/h3-8,12-14H,1-2H3/t12-,13+,14+,17-/m1/s1. The van der Waals surface area contributed by atoms with Gasteiger partial charge in [0.2, 0.25) is 11.8 Å². The van der Waals surface area contributed by atoms with E-state index in [9.17, 15) is 14.4 Å². The molecule has 2 saturated heterocycles. The van der Waals surface area contributed by atoms with Crippen LogP contribution in [0.3, 0.4) is 0 Å². The van der Waals surface area contributed by atoms with E-state index < -0.39 is 23.4 Å². The van der Waals surface area contributed by atoms with Gasteiger partial charge in [-0.3, -0.25) is 14.4 Å². The van der Waals surface area contributed by atoms with E-state index in [0.717, 1.165) is 0 Å². The summed E-state index contributed by atoms with van der Waals surface area (Å²) in [6, 6.07) is 6.34. The van der Waals surface area contributed by atoms with Crippen molar-refractivity contribution in [2.75, 3.05) is 4.90 Å². The van der Waals surface area contributed by atoms with Crippen LogP contribution in [-0.2, 0) is 19.1 Å². The van der Waals surface area contributed by atoms with Gasteiger partial charge in [-0.1, -0.05) is 12.2 Å². The van der Waals surface area contributed by atoms with Crippen molar-refractivity contribution in [1.82, 2.24) is 0 Å². The number of imide groups is 1. The Balaban J connectivity index is 1.65. The van der Waals surface area contributed by atoms with Gasteiger partial charge in [0.05, 0.1) is 29.2 Å². The zero-order valence-corrected chi connectivity index (χ0v) is 12.7. The van der Waals surface area contributed by atoms with Crippen LogP contribution in [0.4, 0.5) is 5.69 Å². The molecule has 6 nitrogen and oxygen atoms in total. The van der Waals surface area contributed by atoms with E-state index in [2.05, 4.69) is 0 Å². The first kappa shape index (κ1) is 14.1. The molecule has 3 heterocycles. The Bertz CT molecular complexity index is 753. The van der Waals surface area contributed by atoms with Gasteiger partial charge >= 0.3 is 5.97 Å². The number of esters is 1. The van der Waals surface area contributed by atoms with E-state index in [-0.39, 0.29) is 17.9 Å². The van der Waals surface area contributed by atoms with Gasteiger partial charge in [-0.05, 0) is 31.2 Å². The highest BCUT2D eigenvalue weighted by Crippen LogP contribution is 2.52. The fourth-order valence-electron chi connectivity index (χ4n) is 3.74. The van der Waals surface area contributed by atoms with Crippen molar-refractivity contribution in [3.05, 3.63) is 36.4 Å². The molecule has 1 aromatic carbocycles. The molecule has 0 radical (unpaired) electrons. The SMILES string of the molecule is CC(=O)Oc1ccc(N2C(=O)[C@@H]3[C@@H](C2=O)[C@@]2(C)C=C[C@H]3O2)cc1. The van der Waals surface area contributed by atoms with Crippen LogP contribution < -0.4 is 9.64 Å². The summed E-state index contributed by atoms with van der Waals surface area (Å²) in [6.07, 6.45) is 3.41. The predicted molar refractivity (Wildman–Crippen MR) is 79.6 cm³/mol. The van der Waals surface area contributed by atoms with Crippen molar-refractivity contribution in [3.63, 3.8) is 0 Å². The molecule has 2 bridgehead atoms. The molecular formula is C17H15NO5. The third-order valence-electron chi connectivity index (χ3n) is 4.69. The van der Waals surface area contributed by atoms with Gasteiger partial charge < -0.3 is 9.47 Å². The number of ether oxygens (including phenoxy) is 2. The lowest BCUT2D eigenvalue weighted by molar-refractivity contribution is -0.132. The summed E-state index contributed by atoms with van der Waals surface area (Å²) >= 11 is 0. The smallest absolute Gasteiger partial charge is 0.308 e. The normalized spacial score (nSPS) is 34.2. The quantitative estimate of drug-likeness (QED) is 0.357. The maximum absolute atomic E-state index is 12.8. The first-order valence-corrected chi connectivity index (χ1v) is 7.44. The Morgan fingerprint density at radius 1 is 1.22 bits per heavy atom. The highest BCUT2D eigenvalue weighted by Gasteiger charge is 2.65. The summed E-state index contributed by atoms with van der Waals surface area (Å²) in [5, 5.41) is 0. The summed E-state index contributed by atoms with van der Waals surface area (Å²) < 4.78 is 10.7. The molecule has 23 heavy (non-hydrogen) atoms. The van der Waals surface area contributed by atoms with Gasteiger partial charge in [0.15, 0.2) is 0 Å². The molecule has 0 saturated carbocycles. The fourth-order valence-corrected chi connectivity index (χ4v) is 3.74. The zero-order valence-electron chi connectivity index (χ0n) is 12.7. The Morgan fingerprint density at radius 2 is 1.91 bits per heavy atom. The molecule has 1 aromatic rings. The zero-order chi connectivity index (χ0) is 16.4. The van der Waals surface area contributed by atoms with Crippen LogP contribution in [0.2, 0.25) is 0 Å². The molecule has 3 aliphatic heterocycles. The summed E-state index contributed by atoms with van der Waals surface area (Å²) in [5.74, 6) is -1.46. The first-order chi connectivity index (χ1) is 10.9. The van der Waals surface area contributed by atoms with Crippen LogP contribution in [0.1, 0.15) is 13.8 Å². The van der Waals surface area contributed by atoms with Gasteiger partial charge in [-0.2, -0.15) is 0 Å². The van der Waals surface area contributed by atoms with Crippen molar-refractivity contribution in [2.45, 2.75) is 25.6 Å². The lowest BCUT2D eigenvalue weighted by atomic mass is 9.78. The molecule has 0 spiro atoms. The number of benzene rings is 1. The average molecular weight is 313 g/mol. The third-order valence-corrected chi connectivity index (χ3v) is 4.69. The molecule has 2 amide bonds. The van der Waals surface area contributed by atoms with Crippen LogP contribution in [-0.4, -0.2) is 29.5 Å². The van der Waals surface area contributed by atoms with Crippen LogP contribution in [0.15, 0.2) is 36.4 Å². The third kappa shape index (κ3) is 1.88. The minimum Gasteiger partial charge on any atom is -0.427 e. The molecule has 0 aromatic heterocycles. The average Bonchev–Trinajstić information content (AvgIpc) is 3.09. The predicted octanol–water partition coefficient (Wildman–Crippen LogP) is 1.44. The minimum absolute atomic E-state index is 0.238. The summed E-state index contributed by atoms with van der Waals surface area (Å²) in [4.78, 5) is 37.6. The van der Waals surface area contributed by atoms with Crippen molar-refractivity contribution in [1.29, 1.82) is 0 Å². The van der Waals surface area contributed by atoms with Crippen molar-refractivity contribution in [2.24, 2.45) is 11.8 Å². The number of hydrogen-bond donors (Lipinski definition) is 0. The van der Waals surface area contributed by atoms with Crippen LogP contribution in [0, 0.1) is 11.8 Å². The van der Waals surface area contributed by atoms with Crippen molar-refractivity contribution < 1.29 is 23.9 Å². The monoisotopic (exact) mass is 313 g/mol. The molecule has 2 fully saturated rings. The molecule has 0 aliphatic carbocycles. The molecule has 3 aliphatic rings. The van der Waals surface area contributed by atoms with Crippen LogP contribution in [0.5, 0.6) is 5.75 Å². The second-order valence-corrected chi connectivity index (χ2v) is 6.23. The highest BCUT2D eigenvalue weighted by molar-refractivity contribution is 6.23. The van der Waals surface area contributed by atoms with E-state index in [1.165, 1.54) is 11.8 Å². The number of amides is 2. The number of carbonyl (C=O) groups excluding carboxylic acids is 3. The number of nitrogens with zero attached hydrogens (tertiary/aromatic N) is 1. The number of hydrogen-bond acceptors (Lipinski definition) is 5. The van der Waals surface area contributed by atoms with Crippen LogP contribution in [0.25, 0.3) is 0 Å². The number of anilines is 1. The van der Waals surface area contributed by atoms with E-state index in [0.29, 0.717) is 11.4 Å². The second kappa shape index (κ2) is 4.52. The topological polar surface area (TPSA) is 72.9 Å². The van der Waals surface area contributed by atoms with E-state index in [1.807, 2.05) is 19.1 Å². The molecular weight excluding hydrogens is 298 g/mol. The molecule has 0 N–H and O–H groups in total. The Labute approximate surface area is 132 Å². The van der Waals surface area contributed by atoms with Crippen molar-refractivity contribution in [3.8, 4) is 5.75 Å². The molecule has 0 unspecified atom stereocenters. The second-order valence-electron chi connectivity index (χ2n) is 6.23. The Morgan fingerprint density at radius 3 is 2.52 bits per heavy atom. The van der Waals surface area contributed by atoms with Gasteiger partial charge in [0, 0.05) is 6.92 Å². The minimum atomic E-state index is -0.700. The first-order valence-electron chi connectivity index (χ1n) is 7.44. The van der Waals surface area contributed by atoms with Crippen LogP contribution >= 0.6 is 0 Å².